The molecule has 0 radical (unpaired) electrons. The van der Waals surface area contributed by atoms with E-state index in [0.29, 0.717) is 16.9 Å². The normalized spacial score (nSPS) is 10.2. The van der Waals surface area contributed by atoms with E-state index in [1.807, 2.05) is 18.2 Å². The molecule has 0 saturated heterocycles. The number of nitrogens with zero attached hydrogens (tertiary/aromatic N) is 2. The van der Waals surface area contributed by atoms with Crippen molar-refractivity contribution in [2.24, 2.45) is 0 Å². The lowest BCUT2D eigenvalue weighted by molar-refractivity contribution is 0.102. The van der Waals surface area contributed by atoms with E-state index in [1.54, 1.807) is 36.4 Å². The fourth-order valence-electron chi connectivity index (χ4n) is 2.00. The summed E-state index contributed by atoms with van der Waals surface area (Å²) < 4.78 is 13.6. The number of hydrogen-bond acceptors (Lipinski definition) is 4. The number of aromatic nitrogens is 2. The van der Waals surface area contributed by atoms with Gasteiger partial charge in [0.05, 0.1) is 6.20 Å². The van der Waals surface area contributed by atoms with Crippen LogP contribution in [0.1, 0.15) is 10.4 Å². The van der Waals surface area contributed by atoms with Crippen LogP contribution in [0.3, 0.4) is 0 Å². The molecule has 0 atom stereocenters. The van der Waals surface area contributed by atoms with Gasteiger partial charge in [-0.1, -0.05) is 18.2 Å². The van der Waals surface area contributed by atoms with Crippen molar-refractivity contribution in [1.29, 1.82) is 0 Å². The van der Waals surface area contributed by atoms with Gasteiger partial charge in [0.25, 0.3) is 5.91 Å². The molecule has 0 spiro atoms. The molecule has 2 N–H and O–H groups in total. The van der Waals surface area contributed by atoms with Gasteiger partial charge in [0, 0.05) is 16.9 Å². The molecule has 1 heterocycles. The number of amides is 1. The Morgan fingerprint density at radius 3 is 2.42 bits per heavy atom. The van der Waals surface area contributed by atoms with Crippen LogP contribution in [-0.2, 0) is 0 Å². The van der Waals surface area contributed by atoms with Gasteiger partial charge in [0.15, 0.2) is 11.6 Å². The van der Waals surface area contributed by atoms with Crippen LogP contribution in [0.5, 0.6) is 0 Å². The van der Waals surface area contributed by atoms with Crippen molar-refractivity contribution in [2.45, 2.75) is 0 Å². The number of anilines is 3. The van der Waals surface area contributed by atoms with E-state index in [0.717, 1.165) is 6.20 Å². The number of carbonyl (C=O) groups excluding carboxylic acids is 1. The molecule has 3 aromatic rings. The van der Waals surface area contributed by atoms with Crippen molar-refractivity contribution in [3.63, 3.8) is 0 Å². The second kappa shape index (κ2) is 7.06. The molecule has 0 bridgehead atoms. The Morgan fingerprint density at radius 1 is 1.00 bits per heavy atom. The van der Waals surface area contributed by atoms with Crippen LogP contribution >= 0.6 is 11.6 Å². The highest BCUT2D eigenvalue weighted by atomic mass is 35.5. The molecule has 7 heteroatoms. The molecule has 0 unspecified atom stereocenters. The largest absolute Gasteiger partial charge is 0.338 e. The number of rotatable bonds is 4. The number of para-hydroxylation sites is 1. The minimum atomic E-state index is -0.620. The molecule has 0 aliphatic carbocycles. The lowest BCUT2D eigenvalue weighted by Crippen LogP contribution is -2.11. The average molecular weight is 343 g/mol. The van der Waals surface area contributed by atoms with Crippen molar-refractivity contribution in [3.8, 4) is 0 Å². The molecule has 0 fully saturated rings. The average Bonchev–Trinajstić information content (AvgIpc) is 2.60. The molecule has 24 heavy (non-hydrogen) atoms. The smallest absolute Gasteiger partial charge is 0.255 e. The number of benzene rings is 2. The van der Waals surface area contributed by atoms with Gasteiger partial charge in [-0.3, -0.25) is 4.79 Å². The van der Waals surface area contributed by atoms with Gasteiger partial charge in [0.2, 0.25) is 5.28 Å². The summed E-state index contributed by atoms with van der Waals surface area (Å²) in [5, 5.41) is 5.52. The predicted molar refractivity (Wildman–Crippen MR) is 91.1 cm³/mol. The first kappa shape index (κ1) is 15.9. The molecular weight excluding hydrogens is 331 g/mol. The van der Waals surface area contributed by atoms with Crippen molar-refractivity contribution in [1.82, 2.24) is 9.97 Å². The molecule has 0 aliphatic rings. The molecule has 3 rings (SSSR count). The van der Waals surface area contributed by atoms with Gasteiger partial charge in [-0.2, -0.15) is 4.98 Å². The van der Waals surface area contributed by atoms with E-state index < -0.39 is 5.82 Å². The third-order valence-corrected chi connectivity index (χ3v) is 3.34. The quantitative estimate of drug-likeness (QED) is 0.695. The summed E-state index contributed by atoms with van der Waals surface area (Å²) in [7, 11) is 0. The van der Waals surface area contributed by atoms with E-state index in [-0.39, 0.29) is 17.0 Å². The van der Waals surface area contributed by atoms with Crippen molar-refractivity contribution in [2.75, 3.05) is 10.6 Å². The zero-order chi connectivity index (χ0) is 16.9. The van der Waals surface area contributed by atoms with Crippen LogP contribution in [0.25, 0.3) is 0 Å². The lowest BCUT2D eigenvalue weighted by Gasteiger charge is -2.08. The zero-order valence-corrected chi connectivity index (χ0v) is 13.1. The minimum Gasteiger partial charge on any atom is -0.338 e. The van der Waals surface area contributed by atoms with Crippen LogP contribution in [-0.4, -0.2) is 15.9 Å². The molecule has 0 saturated carbocycles. The summed E-state index contributed by atoms with van der Waals surface area (Å²) >= 11 is 5.65. The standard InChI is InChI=1S/C17H12ClFN4O/c18-17-20-10-14(19)15(23-17)21-13-8-6-11(7-9-13)16(24)22-12-4-2-1-3-5-12/h1-10H,(H,22,24)(H,20,21,23). The Hall–Kier alpha value is -2.99. The summed E-state index contributed by atoms with van der Waals surface area (Å²) in [6.45, 7) is 0. The fourth-order valence-corrected chi connectivity index (χ4v) is 2.13. The van der Waals surface area contributed by atoms with Crippen LogP contribution in [0, 0.1) is 5.82 Å². The molecule has 2 aromatic carbocycles. The highest BCUT2D eigenvalue weighted by molar-refractivity contribution is 6.28. The molecule has 5 nitrogen and oxygen atoms in total. The van der Waals surface area contributed by atoms with Crippen LogP contribution in [0.15, 0.2) is 60.8 Å². The molecular formula is C17H12ClFN4O. The van der Waals surface area contributed by atoms with E-state index >= 15 is 0 Å². The van der Waals surface area contributed by atoms with E-state index in [2.05, 4.69) is 20.6 Å². The topological polar surface area (TPSA) is 66.9 Å². The van der Waals surface area contributed by atoms with Crippen LogP contribution in [0.2, 0.25) is 5.28 Å². The van der Waals surface area contributed by atoms with Crippen LogP contribution in [0.4, 0.5) is 21.6 Å². The lowest BCUT2D eigenvalue weighted by atomic mass is 10.2. The predicted octanol–water partition coefficient (Wildman–Crippen LogP) is 4.27. The van der Waals surface area contributed by atoms with Crippen molar-refractivity contribution in [3.05, 3.63) is 77.5 Å². The first-order valence-electron chi connectivity index (χ1n) is 7.03. The summed E-state index contributed by atoms with van der Waals surface area (Å²) in [5.74, 6) is -0.884. The maximum atomic E-state index is 13.6. The van der Waals surface area contributed by atoms with Gasteiger partial charge in [-0.15, -0.1) is 0 Å². The number of carbonyl (C=O) groups is 1. The highest BCUT2D eigenvalue weighted by Crippen LogP contribution is 2.19. The molecule has 120 valence electrons. The second-order valence-electron chi connectivity index (χ2n) is 4.86. The maximum Gasteiger partial charge on any atom is 0.255 e. The molecule has 0 aliphatic heterocycles. The van der Waals surface area contributed by atoms with Gasteiger partial charge >= 0.3 is 0 Å². The zero-order valence-electron chi connectivity index (χ0n) is 12.3. The van der Waals surface area contributed by atoms with Crippen molar-refractivity contribution < 1.29 is 9.18 Å². The number of halogens is 2. The van der Waals surface area contributed by atoms with E-state index in [4.69, 9.17) is 11.6 Å². The molecule has 1 amide bonds. The SMILES string of the molecule is O=C(Nc1ccccc1)c1ccc(Nc2nc(Cl)ncc2F)cc1. The Balaban J connectivity index is 1.71. The van der Waals surface area contributed by atoms with E-state index in [9.17, 15) is 9.18 Å². The summed E-state index contributed by atoms with van der Waals surface area (Å²) in [6, 6.07) is 15.7. The highest BCUT2D eigenvalue weighted by Gasteiger charge is 2.08. The van der Waals surface area contributed by atoms with Crippen molar-refractivity contribution >= 4 is 34.7 Å². The summed E-state index contributed by atoms with van der Waals surface area (Å²) in [6.07, 6.45) is 0.985. The Labute approximate surface area is 142 Å². The van der Waals surface area contributed by atoms with E-state index in [1.165, 1.54) is 0 Å². The Morgan fingerprint density at radius 2 is 1.71 bits per heavy atom. The van der Waals surface area contributed by atoms with Gasteiger partial charge in [0.1, 0.15) is 0 Å². The first-order chi connectivity index (χ1) is 11.6. The fraction of sp³-hybridized carbons (Fsp3) is 0. The number of nitrogens with one attached hydrogen (secondary N) is 2. The summed E-state index contributed by atoms with van der Waals surface area (Å²) in [4.78, 5) is 19.5. The monoisotopic (exact) mass is 342 g/mol. The first-order valence-corrected chi connectivity index (χ1v) is 7.41. The number of hydrogen-bond donors (Lipinski definition) is 2. The maximum absolute atomic E-state index is 13.6. The third-order valence-electron chi connectivity index (χ3n) is 3.16. The Kier molecular flexibility index (Phi) is 4.67. The molecule has 1 aromatic heterocycles. The second-order valence-corrected chi connectivity index (χ2v) is 5.20. The van der Waals surface area contributed by atoms with Gasteiger partial charge < -0.3 is 10.6 Å². The minimum absolute atomic E-state index is 0.0310. The third kappa shape index (κ3) is 3.85. The van der Waals surface area contributed by atoms with Crippen LogP contribution < -0.4 is 10.6 Å². The van der Waals surface area contributed by atoms with Gasteiger partial charge in [-0.05, 0) is 48.0 Å². The Bertz CT molecular complexity index is 856. The van der Waals surface area contributed by atoms with Gasteiger partial charge in [-0.25, -0.2) is 9.37 Å². The summed E-state index contributed by atoms with van der Waals surface area (Å²) in [5.41, 5.74) is 1.76.